The molecule has 8 heteroatoms. The van der Waals surface area contributed by atoms with Gasteiger partial charge in [-0.1, -0.05) is 18.2 Å². The van der Waals surface area contributed by atoms with E-state index in [1.165, 1.54) is 0 Å². The van der Waals surface area contributed by atoms with Gasteiger partial charge in [0.25, 0.3) is 0 Å². The topological polar surface area (TPSA) is 96.1 Å². The highest BCUT2D eigenvalue weighted by Gasteiger charge is 2.09. The van der Waals surface area contributed by atoms with E-state index >= 15 is 0 Å². The molecule has 0 spiro atoms. The molecule has 0 aliphatic carbocycles. The normalized spacial score (nSPS) is 12.8. The van der Waals surface area contributed by atoms with Crippen LogP contribution >= 0.6 is 0 Å². The van der Waals surface area contributed by atoms with Crippen LogP contribution in [0.15, 0.2) is 53.7 Å². The van der Waals surface area contributed by atoms with Crippen molar-refractivity contribution in [3.8, 4) is 5.75 Å². The minimum absolute atomic E-state index is 0.332. The number of aliphatic hydroxyl groups excluding tert-OH is 1. The van der Waals surface area contributed by atoms with Crippen molar-refractivity contribution < 1.29 is 9.84 Å². The molecule has 0 aliphatic rings. The highest BCUT2D eigenvalue weighted by Crippen LogP contribution is 2.16. The number of rotatable bonds is 7. The van der Waals surface area contributed by atoms with Gasteiger partial charge in [0, 0.05) is 19.3 Å². The molecule has 0 bridgehead atoms. The molecule has 2 heterocycles. The molecular weight excluding hydrogens is 344 g/mol. The van der Waals surface area contributed by atoms with Crippen molar-refractivity contribution in [2.75, 3.05) is 20.2 Å². The Labute approximate surface area is 157 Å². The zero-order valence-electron chi connectivity index (χ0n) is 15.5. The third-order valence-electron chi connectivity index (χ3n) is 4.07. The summed E-state index contributed by atoms with van der Waals surface area (Å²) in [6, 6.07) is 13.1. The number of hydrogen-bond donors (Lipinski definition) is 3. The van der Waals surface area contributed by atoms with E-state index in [-0.39, 0.29) is 0 Å². The van der Waals surface area contributed by atoms with E-state index in [1.54, 1.807) is 7.11 Å². The summed E-state index contributed by atoms with van der Waals surface area (Å²) >= 11 is 0. The largest absolute Gasteiger partial charge is 0.497 e. The number of ether oxygens (including phenoxy) is 1. The number of aliphatic hydroxyl groups is 1. The lowest BCUT2D eigenvalue weighted by Gasteiger charge is -2.15. The SMILES string of the molecule is CCNC(=NCc1nnc2ccccn12)NCC(O)c1ccc(OC)cc1. The van der Waals surface area contributed by atoms with Gasteiger partial charge >= 0.3 is 0 Å². The smallest absolute Gasteiger partial charge is 0.191 e. The van der Waals surface area contributed by atoms with Crippen molar-refractivity contribution in [3.63, 3.8) is 0 Å². The lowest BCUT2D eigenvalue weighted by molar-refractivity contribution is 0.180. The minimum atomic E-state index is -0.659. The zero-order chi connectivity index (χ0) is 19.1. The van der Waals surface area contributed by atoms with Crippen molar-refractivity contribution in [3.05, 3.63) is 60.0 Å². The Kier molecular flexibility index (Phi) is 6.22. The molecule has 0 saturated carbocycles. The predicted octanol–water partition coefficient (Wildman–Crippen LogP) is 1.53. The standard InChI is InChI=1S/C19H24N6O2/c1-3-20-19(21-12-16(26)14-7-9-15(27-2)10-8-14)22-13-18-24-23-17-6-4-5-11-25(17)18/h4-11,16,26H,3,12-13H2,1-2H3,(H2,20,21,22). The molecule has 3 aromatic rings. The van der Waals surface area contributed by atoms with Gasteiger partial charge in [0.05, 0.1) is 13.2 Å². The Morgan fingerprint density at radius 2 is 2.00 bits per heavy atom. The molecule has 1 unspecified atom stereocenters. The summed E-state index contributed by atoms with van der Waals surface area (Å²) < 4.78 is 7.04. The van der Waals surface area contributed by atoms with Gasteiger partial charge in [-0.25, -0.2) is 4.99 Å². The molecule has 0 amide bonds. The molecule has 0 radical (unpaired) electrons. The molecule has 142 valence electrons. The second kappa shape index (κ2) is 9.00. The fourth-order valence-corrected chi connectivity index (χ4v) is 2.63. The average Bonchev–Trinajstić information content (AvgIpc) is 3.13. The maximum absolute atomic E-state index is 10.4. The van der Waals surface area contributed by atoms with Crippen molar-refractivity contribution >= 4 is 11.6 Å². The molecule has 0 saturated heterocycles. The molecule has 1 aromatic carbocycles. The molecule has 27 heavy (non-hydrogen) atoms. The van der Waals surface area contributed by atoms with Crippen LogP contribution in [-0.4, -0.2) is 45.9 Å². The van der Waals surface area contributed by atoms with Gasteiger partial charge in [0.2, 0.25) is 0 Å². The van der Waals surface area contributed by atoms with Crippen LogP contribution in [0.3, 0.4) is 0 Å². The number of aliphatic imine (C=N–C) groups is 1. The fraction of sp³-hybridized carbons (Fsp3) is 0.316. The first-order valence-electron chi connectivity index (χ1n) is 8.84. The summed E-state index contributed by atoms with van der Waals surface area (Å²) in [5, 5.41) is 25.0. The molecule has 3 rings (SSSR count). The van der Waals surface area contributed by atoms with Gasteiger partial charge in [0.1, 0.15) is 12.3 Å². The Morgan fingerprint density at radius 1 is 1.19 bits per heavy atom. The van der Waals surface area contributed by atoms with Crippen LogP contribution in [0, 0.1) is 0 Å². The first-order valence-corrected chi connectivity index (χ1v) is 8.84. The summed E-state index contributed by atoms with van der Waals surface area (Å²) in [6.07, 6.45) is 1.25. The van der Waals surface area contributed by atoms with Gasteiger partial charge in [-0.15, -0.1) is 10.2 Å². The molecule has 8 nitrogen and oxygen atoms in total. The molecule has 3 N–H and O–H groups in total. The van der Waals surface area contributed by atoms with Crippen LogP contribution < -0.4 is 15.4 Å². The summed E-state index contributed by atoms with van der Waals surface area (Å²) in [4.78, 5) is 4.54. The zero-order valence-corrected chi connectivity index (χ0v) is 15.5. The summed E-state index contributed by atoms with van der Waals surface area (Å²) in [5.74, 6) is 2.12. The van der Waals surface area contributed by atoms with Gasteiger partial charge in [-0.05, 0) is 36.8 Å². The fourth-order valence-electron chi connectivity index (χ4n) is 2.63. The molecule has 0 aliphatic heterocycles. The van der Waals surface area contributed by atoms with Gasteiger partial charge in [-0.3, -0.25) is 4.40 Å². The number of benzene rings is 1. The highest BCUT2D eigenvalue weighted by molar-refractivity contribution is 5.79. The minimum Gasteiger partial charge on any atom is -0.497 e. The Balaban J connectivity index is 1.63. The van der Waals surface area contributed by atoms with Crippen LogP contribution in [0.1, 0.15) is 24.4 Å². The third kappa shape index (κ3) is 4.73. The maximum Gasteiger partial charge on any atom is 0.191 e. The monoisotopic (exact) mass is 368 g/mol. The number of hydrogen-bond acceptors (Lipinski definition) is 5. The Morgan fingerprint density at radius 3 is 2.74 bits per heavy atom. The predicted molar refractivity (Wildman–Crippen MR) is 104 cm³/mol. The van der Waals surface area contributed by atoms with Crippen molar-refractivity contribution in [1.29, 1.82) is 0 Å². The van der Waals surface area contributed by atoms with E-state index in [0.29, 0.717) is 25.6 Å². The number of nitrogens with one attached hydrogen (secondary N) is 2. The molecule has 0 fully saturated rings. The first kappa shape index (κ1) is 18.7. The average molecular weight is 368 g/mol. The first-order chi connectivity index (χ1) is 13.2. The third-order valence-corrected chi connectivity index (χ3v) is 4.07. The van der Waals surface area contributed by atoms with Crippen LogP contribution in [0.4, 0.5) is 0 Å². The van der Waals surface area contributed by atoms with E-state index in [9.17, 15) is 5.11 Å². The lowest BCUT2D eigenvalue weighted by Crippen LogP contribution is -2.39. The highest BCUT2D eigenvalue weighted by atomic mass is 16.5. The molecule has 1 atom stereocenters. The van der Waals surface area contributed by atoms with E-state index in [2.05, 4.69) is 25.8 Å². The van der Waals surface area contributed by atoms with E-state index in [1.807, 2.05) is 60.0 Å². The molecule has 2 aromatic heterocycles. The Hall–Kier alpha value is -3.13. The van der Waals surface area contributed by atoms with E-state index in [0.717, 1.165) is 22.8 Å². The summed E-state index contributed by atoms with van der Waals surface area (Å²) in [7, 11) is 1.62. The van der Waals surface area contributed by atoms with Crippen LogP contribution in [0.5, 0.6) is 5.75 Å². The number of nitrogens with zero attached hydrogens (tertiary/aromatic N) is 4. The van der Waals surface area contributed by atoms with E-state index < -0.39 is 6.10 Å². The number of guanidine groups is 1. The van der Waals surface area contributed by atoms with Crippen LogP contribution in [0.25, 0.3) is 5.65 Å². The second-order valence-electron chi connectivity index (χ2n) is 5.91. The van der Waals surface area contributed by atoms with Crippen molar-refractivity contribution in [2.24, 2.45) is 4.99 Å². The van der Waals surface area contributed by atoms with Crippen LogP contribution in [0.2, 0.25) is 0 Å². The second-order valence-corrected chi connectivity index (χ2v) is 5.91. The van der Waals surface area contributed by atoms with Crippen LogP contribution in [-0.2, 0) is 6.54 Å². The molecular formula is C19H24N6O2. The Bertz CT molecular complexity index is 891. The van der Waals surface area contributed by atoms with Gasteiger partial charge < -0.3 is 20.5 Å². The number of aromatic nitrogens is 3. The van der Waals surface area contributed by atoms with E-state index in [4.69, 9.17) is 4.74 Å². The lowest BCUT2D eigenvalue weighted by atomic mass is 10.1. The van der Waals surface area contributed by atoms with Gasteiger partial charge in [0.15, 0.2) is 17.4 Å². The number of fused-ring (bicyclic) bond motifs is 1. The summed E-state index contributed by atoms with van der Waals surface area (Å²) in [6.45, 7) is 3.41. The number of methoxy groups -OCH3 is 1. The summed E-state index contributed by atoms with van der Waals surface area (Å²) in [5.41, 5.74) is 1.60. The number of pyridine rings is 1. The van der Waals surface area contributed by atoms with Crippen molar-refractivity contribution in [1.82, 2.24) is 25.2 Å². The van der Waals surface area contributed by atoms with Gasteiger partial charge in [-0.2, -0.15) is 0 Å². The van der Waals surface area contributed by atoms with Crippen molar-refractivity contribution in [2.45, 2.75) is 19.6 Å². The maximum atomic E-state index is 10.4. The quantitative estimate of drug-likeness (QED) is 0.432.